The highest BCUT2D eigenvalue weighted by atomic mass is 32.2. The number of hydrogen-bond donors (Lipinski definition) is 2. The van der Waals surface area contributed by atoms with Crippen LogP contribution < -0.4 is 0 Å². The van der Waals surface area contributed by atoms with E-state index in [0.717, 1.165) is 10.5 Å². The number of aliphatic hydroxyl groups is 1. The van der Waals surface area contributed by atoms with E-state index in [0.29, 0.717) is 11.3 Å². The standard InChI is InChI=1S/C13H12O4S/c14-7-9-1-3-11(4-2-9)18-8-10-5-6-17-12(10)13(15)16/h1-6,14H,7-8H2,(H,15,16). The van der Waals surface area contributed by atoms with E-state index in [2.05, 4.69) is 0 Å². The quantitative estimate of drug-likeness (QED) is 0.812. The summed E-state index contributed by atoms with van der Waals surface area (Å²) in [4.78, 5) is 11.9. The van der Waals surface area contributed by atoms with Gasteiger partial charge in [0, 0.05) is 16.2 Å². The highest BCUT2D eigenvalue weighted by Crippen LogP contribution is 2.25. The molecule has 0 fully saturated rings. The lowest BCUT2D eigenvalue weighted by Crippen LogP contribution is -1.97. The Morgan fingerprint density at radius 3 is 2.56 bits per heavy atom. The zero-order valence-corrected chi connectivity index (χ0v) is 10.3. The maximum Gasteiger partial charge on any atom is 0.372 e. The topological polar surface area (TPSA) is 70.7 Å². The number of carboxylic acid groups (broad SMARTS) is 1. The second kappa shape index (κ2) is 5.75. The van der Waals surface area contributed by atoms with Crippen LogP contribution in [0.15, 0.2) is 45.9 Å². The molecule has 5 heteroatoms. The first-order chi connectivity index (χ1) is 8.70. The summed E-state index contributed by atoms with van der Waals surface area (Å²) in [5.41, 5.74) is 1.52. The van der Waals surface area contributed by atoms with Gasteiger partial charge < -0.3 is 14.6 Å². The Bertz CT molecular complexity index is 530. The van der Waals surface area contributed by atoms with Gasteiger partial charge in [-0.1, -0.05) is 12.1 Å². The lowest BCUT2D eigenvalue weighted by Gasteiger charge is -2.02. The third-order valence-electron chi connectivity index (χ3n) is 2.44. The molecule has 0 radical (unpaired) electrons. The number of carboxylic acids is 1. The first-order valence-electron chi connectivity index (χ1n) is 5.33. The molecule has 0 atom stereocenters. The van der Waals surface area contributed by atoms with Crippen molar-refractivity contribution in [2.75, 3.05) is 0 Å². The highest BCUT2D eigenvalue weighted by molar-refractivity contribution is 7.98. The maximum absolute atomic E-state index is 10.8. The molecule has 1 aromatic carbocycles. The summed E-state index contributed by atoms with van der Waals surface area (Å²) in [6.07, 6.45) is 1.38. The lowest BCUT2D eigenvalue weighted by molar-refractivity contribution is 0.0661. The van der Waals surface area contributed by atoms with Crippen LogP contribution in [0.3, 0.4) is 0 Å². The van der Waals surface area contributed by atoms with E-state index in [9.17, 15) is 4.79 Å². The smallest absolute Gasteiger partial charge is 0.372 e. The molecule has 4 nitrogen and oxygen atoms in total. The molecule has 0 saturated carbocycles. The van der Waals surface area contributed by atoms with Crippen molar-refractivity contribution in [3.05, 3.63) is 53.5 Å². The maximum atomic E-state index is 10.8. The molecule has 1 aromatic heterocycles. The van der Waals surface area contributed by atoms with E-state index >= 15 is 0 Å². The summed E-state index contributed by atoms with van der Waals surface area (Å²) in [6.45, 7) is 0.0237. The molecule has 0 aliphatic carbocycles. The predicted molar refractivity (Wildman–Crippen MR) is 67.6 cm³/mol. The van der Waals surface area contributed by atoms with Crippen LogP contribution >= 0.6 is 11.8 Å². The second-order valence-electron chi connectivity index (χ2n) is 3.67. The Labute approximate surface area is 108 Å². The van der Waals surface area contributed by atoms with Gasteiger partial charge in [0.2, 0.25) is 5.76 Å². The van der Waals surface area contributed by atoms with Crippen molar-refractivity contribution in [2.45, 2.75) is 17.3 Å². The van der Waals surface area contributed by atoms with Gasteiger partial charge in [0.25, 0.3) is 0 Å². The van der Waals surface area contributed by atoms with E-state index in [4.69, 9.17) is 14.6 Å². The van der Waals surface area contributed by atoms with Crippen molar-refractivity contribution in [3.63, 3.8) is 0 Å². The molecule has 0 unspecified atom stereocenters. The van der Waals surface area contributed by atoms with Crippen LogP contribution in [-0.2, 0) is 12.4 Å². The molecule has 0 bridgehead atoms. The molecule has 94 valence electrons. The molecule has 18 heavy (non-hydrogen) atoms. The zero-order valence-electron chi connectivity index (χ0n) is 9.50. The van der Waals surface area contributed by atoms with Crippen LogP contribution in [0, 0.1) is 0 Å². The Balaban J connectivity index is 2.02. The molecule has 0 aliphatic heterocycles. The Kier molecular flexibility index (Phi) is 4.07. The van der Waals surface area contributed by atoms with Crippen molar-refractivity contribution < 1.29 is 19.4 Å². The molecule has 0 saturated heterocycles. The van der Waals surface area contributed by atoms with Gasteiger partial charge in [-0.15, -0.1) is 11.8 Å². The Morgan fingerprint density at radius 2 is 1.94 bits per heavy atom. The van der Waals surface area contributed by atoms with E-state index in [-0.39, 0.29) is 12.4 Å². The molecule has 2 N–H and O–H groups in total. The second-order valence-corrected chi connectivity index (χ2v) is 4.72. The van der Waals surface area contributed by atoms with Gasteiger partial charge in [-0.25, -0.2) is 4.79 Å². The van der Waals surface area contributed by atoms with Gasteiger partial charge in [0.1, 0.15) is 0 Å². The number of carbonyl (C=O) groups is 1. The molecule has 0 aliphatic rings. The number of thioether (sulfide) groups is 1. The molecule has 0 spiro atoms. The zero-order chi connectivity index (χ0) is 13.0. The monoisotopic (exact) mass is 264 g/mol. The number of aromatic carboxylic acids is 1. The fraction of sp³-hybridized carbons (Fsp3) is 0.154. The SMILES string of the molecule is O=C(O)c1occc1CSc1ccc(CO)cc1. The van der Waals surface area contributed by atoms with Crippen molar-refractivity contribution in [3.8, 4) is 0 Å². The normalized spacial score (nSPS) is 10.5. The van der Waals surface area contributed by atoms with Gasteiger partial charge in [0.05, 0.1) is 12.9 Å². The third-order valence-corrected chi connectivity index (χ3v) is 3.50. The fourth-order valence-electron chi connectivity index (χ4n) is 1.49. The summed E-state index contributed by atoms with van der Waals surface area (Å²) in [6, 6.07) is 9.15. The van der Waals surface area contributed by atoms with Gasteiger partial charge in [-0.05, 0) is 23.8 Å². The number of benzene rings is 1. The minimum atomic E-state index is -1.05. The Morgan fingerprint density at radius 1 is 1.22 bits per heavy atom. The van der Waals surface area contributed by atoms with E-state index in [1.165, 1.54) is 18.0 Å². The fourth-order valence-corrected chi connectivity index (χ4v) is 2.37. The molecular formula is C13H12O4S. The lowest BCUT2D eigenvalue weighted by atomic mass is 10.2. The number of rotatable bonds is 5. The van der Waals surface area contributed by atoms with Crippen LogP contribution in [0.5, 0.6) is 0 Å². The van der Waals surface area contributed by atoms with Gasteiger partial charge >= 0.3 is 5.97 Å². The first kappa shape index (κ1) is 12.7. The molecule has 2 rings (SSSR count). The average Bonchev–Trinajstić information content (AvgIpc) is 2.85. The average molecular weight is 264 g/mol. The van der Waals surface area contributed by atoms with Crippen LogP contribution in [0.2, 0.25) is 0 Å². The minimum Gasteiger partial charge on any atom is -0.475 e. The van der Waals surface area contributed by atoms with Crippen molar-refractivity contribution in [1.29, 1.82) is 0 Å². The summed E-state index contributed by atoms with van der Waals surface area (Å²) in [7, 11) is 0. The van der Waals surface area contributed by atoms with Gasteiger partial charge in [0.15, 0.2) is 0 Å². The number of hydrogen-bond acceptors (Lipinski definition) is 4. The summed E-state index contributed by atoms with van der Waals surface area (Å²) >= 11 is 1.52. The largest absolute Gasteiger partial charge is 0.475 e. The highest BCUT2D eigenvalue weighted by Gasteiger charge is 2.13. The van der Waals surface area contributed by atoms with Crippen molar-refractivity contribution in [1.82, 2.24) is 0 Å². The summed E-state index contributed by atoms with van der Waals surface area (Å²) in [5, 5.41) is 17.8. The minimum absolute atomic E-state index is 0.00511. The molecule has 0 amide bonds. The van der Waals surface area contributed by atoms with Crippen molar-refractivity contribution >= 4 is 17.7 Å². The van der Waals surface area contributed by atoms with E-state index in [1.54, 1.807) is 6.07 Å². The molecular weight excluding hydrogens is 252 g/mol. The Hall–Kier alpha value is -1.72. The van der Waals surface area contributed by atoms with Crippen molar-refractivity contribution in [2.24, 2.45) is 0 Å². The number of aliphatic hydroxyl groups excluding tert-OH is 1. The summed E-state index contributed by atoms with van der Waals surface area (Å²) in [5.74, 6) is -0.517. The molecule has 1 heterocycles. The predicted octanol–water partition coefficient (Wildman–Crippen LogP) is 2.76. The summed E-state index contributed by atoms with van der Waals surface area (Å²) < 4.78 is 4.91. The van der Waals surface area contributed by atoms with E-state index in [1.807, 2.05) is 24.3 Å². The third kappa shape index (κ3) is 2.94. The number of furan rings is 1. The van der Waals surface area contributed by atoms with Crippen LogP contribution in [0.25, 0.3) is 0 Å². The van der Waals surface area contributed by atoms with E-state index < -0.39 is 5.97 Å². The van der Waals surface area contributed by atoms with Crippen LogP contribution in [-0.4, -0.2) is 16.2 Å². The first-order valence-corrected chi connectivity index (χ1v) is 6.31. The van der Waals surface area contributed by atoms with Gasteiger partial charge in [-0.3, -0.25) is 0 Å². The van der Waals surface area contributed by atoms with Crippen LogP contribution in [0.4, 0.5) is 0 Å². The molecule has 2 aromatic rings. The van der Waals surface area contributed by atoms with Crippen LogP contribution in [0.1, 0.15) is 21.7 Å². The van der Waals surface area contributed by atoms with Gasteiger partial charge in [-0.2, -0.15) is 0 Å².